The van der Waals surface area contributed by atoms with E-state index in [9.17, 15) is 14.4 Å². The van der Waals surface area contributed by atoms with Crippen LogP contribution in [0.25, 0.3) is 16.1 Å². The van der Waals surface area contributed by atoms with Crippen LogP contribution in [0, 0.1) is 20.8 Å². The van der Waals surface area contributed by atoms with E-state index < -0.39 is 6.04 Å². The van der Waals surface area contributed by atoms with Gasteiger partial charge in [-0.15, -0.1) is 21.5 Å². The van der Waals surface area contributed by atoms with Crippen LogP contribution < -0.4 is 15.5 Å². The van der Waals surface area contributed by atoms with Crippen molar-refractivity contribution in [2.24, 2.45) is 4.99 Å². The van der Waals surface area contributed by atoms with Crippen LogP contribution in [0.4, 0.5) is 11.4 Å². The Kier molecular flexibility index (Phi) is 8.88. The molecule has 0 radical (unpaired) electrons. The van der Waals surface area contributed by atoms with E-state index in [-0.39, 0.29) is 30.7 Å². The average molecular weight is 733 g/mol. The van der Waals surface area contributed by atoms with Gasteiger partial charge in [-0.05, 0) is 79.4 Å². The molecule has 1 fully saturated rings. The van der Waals surface area contributed by atoms with Gasteiger partial charge in [-0.3, -0.25) is 23.9 Å². The maximum Gasteiger partial charge on any atom is 0.242 e. The fraction of sp³-hybridized carbons (Fsp3) is 0.282. The number of piperazine rings is 1. The lowest BCUT2D eigenvalue weighted by atomic mass is 9.99. The molecule has 0 unspecified atom stereocenters. The molecule has 2 N–H and O–H groups in total. The minimum atomic E-state index is -0.611. The number of aromatic nitrogens is 3. The fourth-order valence-electron chi connectivity index (χ4n) is 7.15. The van der Waals surface area contributed by atoms with Gasteiger partial charge in [0.05, 0.1) is 25.1 Å². The predicted octanol–water partition coefficient (Wildman–Crippen LogP) is 5.82. The van der Waals surface area contributed by atoms with Gasteiger partial charge in [0.1, 0.15) is 16.9 Å². The van der Waals surface area contributed by atoms with Gasteiger partial charge in [0.15, 0.2) is 5.82 Å². The van der Waals surface area contributed by atoms with Crippen LogP contribution in [-0.2, 0) is 20.8 Å². The second-order valence-corrected chi connectivity index (χ2v) is 15.0. The Bertz CT molecular complexity index is 2250. The van der Waals surface area contributed by atoms with Crippen molar-refractivity contribution in [1.82, 2.24) is 25.0 Å². The number of aryl methyl sites for hydroxylation is 2. The van der Waals surface area contributed by atoms with E-state index in [0.29, 0.717) is 43.4 Å². The van der Waals surface area contributed by atoms with Gasteiger partial charge in [0, 0.05) is 58.6 Å². The summed E-state index contributed by atoms with van der Waals surface area (Å²) in [6, 6.07) is 21.4. The summed E-state index contributed by atoms with van der Waals surface area (Å²) in [6.07, 6.45) is 0.425. The first-order chi connectivity index (χ1) is 25.1. The van der Waals surface area contributed by atoms with Crippen molar-refractivity contribution in [1.29, 1.82) is 0 Å². The lowest BCUT2D eigenvalue weighted by Crippen LogP contribution is -2.51. The van der Waals surface area contributed by atoms with Gasteiger partial charge in [-0.25, -0.2) is 0 Å². The Hall–Kier alpha value is -5.33. The van der Waals surface area contributed by atoms with Crippen LogP contribution in [-0.4, -0.2) is 75.8 Å². The summed E-state index contributed by atoms with van der Waals surface area (Å²) >= 11 is 7.89. The molecule has 8 rings (SSSR count). The van der Waals surface area contributed by atoms with Crippen molar-refractivity contribution in [2.45, 2.75) is 39.7 Å². The van der Waals surface area contributed by atoms with Crippen LogP contribution in [0.1, 0.15) is 51.2 Å². The number of nitrogens with zero attached hydrogens (tertiary/aromatic N) is 6. The predicted molar refractivity (Wildman–Crippen MR) is 204 cm³/mol. The third-order valence-corrected chi connectivity index (χ3v) is 11.5. The minimum Gasteiger partial charge on any atom is -0.368 e. The maximum absolute atomic E-state index is 13.4. The van der Waals surface area contributed by atoms with Gasteiger partial charge in [-0.1, -0.05) is 41.9 Å². The molecular formula is C39H37ClN8O3S. The number of thiophene rings is 1. The molecule has 3 aliphatic heterocycles. The van der Waals surface area contributed by atoms with Crippen LogP contribution >= 0.6 is 22.9 Å². The lowest BCUT2D eigenvalue weighted by molar-refractivity contribution is -0.133. The first-order valence-corrected chi connectivity index (χ1v) is 18.5. The van der Waals surface area contributed by atoms with Crippen molar-refractivity contribution >= 4 is 57.7 Å². The molecule has 1 atom stereocenters. The summed E-state index contributed by atoms with van der Waals surface area (Å²) in [5.41, 5.74) is 8.95. The summed E-state index contributed by atoms with van der Waals surface area (Å²) in [6.45, 7) is 8.48. The molecule has 5 heterocycles. The molecule has 0 saturated carbocycles. The van der Waals surface area contributed by atoms with E-state index in [4.69, 9.17) is 16.6 Å². The topological polar surface area (TPSA) is 125 Å². The van der Waals surface area contributed by atoms with Crippen LogP contribution in [0.2, 0.25) is 5.02 Å². The lowest BCUT2D eigenvalue weighted by Gasteiger charge is -2.36. The molecule has 3 aromatic carbocycles. The summed E-state index contributed by atoms with van der Waals surface area (Å²) in [4.78, 5) is 48.8. The number of hydrogen-bond donors (Lipinski definition) is 2. The number of anilines is 2. The van der Waals surface area contributed by atoms with Gasteiger partial charge in [0.25, 0.3) is 0 Å². The number of hydrogen-bond acceptors (Lipinski definition) is 8. The smallest absolute Gasteiger partial charge is 0.242 e. The van der Waals surface area contributed by atoms with Crippen LogP contribution in [0.3, 0.4) is 0 Å². The standard InChI is InChI=1S/C39H37ClN8O3S/c1-22-23(2)52-39-36(22)37(26-4-9-29(40)10-5-26)43-32(38-45-44-24(3)48(38)39)20-33(49)41-21-35(51)47-16-14-46(15-17-47)30-11-6-25(7-12-30)27-8-13-31-28(18-27)19-34(50)42-31/h4-13,18,32H,14-17,19-21H2,1-3H3,(H,41,49)(H,42,50)/t32-/m0/s1. The van der Waals surface area contributed by atoms with Crippen molar-refractivity contribution in [3.8, 4) is 16.1 Å². The Morgan fingerprint density at radius 2 is 1.63 bits per heavy atom. The quantitative estimate of drug-likeness (QED) is 0.218. The highest BCUT2D eigenvalue weighted by Crippen LogP contribution is 2.39. The van der Waals surface area contributed by atoms with Crippen LogP contribution in [0.5, 0.6) is 0 Å². The van der Waals surface area contributed by atoms with Crippen molar-refractivity contribution in [3.05, 3.63) is 111 Å². The molecule has 3 aliphatic rings. The Balaban J connectivity index is 0.904. The molecule has 0 aliphatic carbocycles. The van der Waals surface area contributed by atoms with Crippen molar-refractivity contribution in [2.75, 3.05) is 42.9 Å². The van der Waals surface area contributed by atoms with E-state index >= 15 is 0 Å². The second kappa shape index (κ2) is 13.7. The minimum absolute atomic E-state index is 0.0136. The zero-order valence-corrected chi connectivity index (χ0v) is 30.6. The molecule has 13 heteroatoms. The van der Waals surface area contributed by atoms with E-state index in [2.05, 4.69) is 69.9 Å². The number of nitrogens with one attached hydrogen (secondary N) is 2. The molecule has 11 nitrogen and oxygen atoms in total. The Labute approximate surface area is 310 Å². The van der Waals surface area contributed by atoms with Gasteiger partial charge >= 0.3 is 0 Å². The monoisotopic (exact) mass is 732 g/mol. The zero-order chi connectivity index (χ0) is 36.1. The largest absolute Gasteiger partial charge is 0.368 e. The molecule has 264 valence electrons. The van der Waals surface area contributed by atoms with E-state index in [1.165, 1.54) is 4.88 Å². The zero-order valence-electron chi connectivity index (χ0n) is 29.1. The van der Waals surface area contributed by atoms with E-state index in [1.54, 1.807) is 16.2 Å². The number of halogens is 1. The molecule has 0 bridgehead atoms. The van der Waals surface area contributed by atoms with Gasteiger partial charge < -0.3 is 20.4 Å². The fourth-order valence-corrected chi connectivity index (χ4v) is 8.49. The normalized spacial score (nSPS) is 16.4. The molecule has 2 aromatic heterocycles. The van der Waals surface area contributed by atoms with Gasteiger partial charge in [0.2, 0.25) is 17.7 Å². The molecule has 5 aromatic rings. The number of aliphatic imine (C=N–C) groups is 1. The molecule has 0 spiro atoms. The molecule has 1 saturated heterocycles. The number of carbonyl (C=O) groups is 3. The Morgan fingerprint density at radius 3 is 2.38 bits per heavy atom. The van der Waals surface area contributed by atoms with E-state index in [0.717, 1.165) is 61.3 Å². The molecule has 52 heavy (non-hydrogen) atoms. The number of amides is 3. The Morgan fingerprint density at radius 1 is 0.923 bits per heavy atom. The van der Waals surface area contributed by atoms with Gasteiger partial charge in [-0.2, -0.15) is 0 Å². The summed E-state index contributed by atoms with van der Waals surface area (Å²) < 4.78 is 2.01. The third kappa shape index (κ3) is 6.37. The average Bonchev–Trinajstić information content (AvgIpc) is 3.79. The molecule has 3 amide bonds. The summed E-state index contributed by atoms with van der Waals surface area (Å²) in [5.74, 6) is 0.937. The number of benzene rings is 3. The first-order valence-electron chi connectivity index (χ1n) is 17.3. The first kappa shape index (κ1) is 33.8. The summed E-state index contributed by atoms with van der Waals surface area (Å²) in [7, 11) is 0. The maximum atomic E-state index is 13.4. The highest BCUT2D eigenvalue weighted by Gasteiger charge is 2.33. The van der Waals surface area contributed by atoms with Crippen LogP contribution in [0.15, 0.2) is 71.7 Å². The van der Waals surface area contributed by atoms with Crippen molar-refractivity contribution in [3.63, 3.8) is 0 Å². The second-order valence-electron chi connectivity index (χ2n) is 13.4. The summed E-state index contributed by atoms with van der Waals surface area (Å²) in [5, 5.41) is 16.2. The highest BCUT2D eigenvalue weighted by atomic mass is 35.5. The molecular weight excluding hydrogens is 696 g/mol. The third-order valence-electron chi connectivity index (χ3n) is 10.1. The SMILES string of the molecule is Cc1sc2c(c1C)C(c1ccc(Cl)cc1)=N[C@@H](CC(=O)NCC(=O)N1CCN(c3ccc(-c4ccc5c(c4)CC(=O)N5)cc3)CC1)c1nnc(C)n1-2. The number of rotatable bonds is 7. The van der Waals surface area contributed by atoms with E-state index in [1.807, 2.05) is 47.9 Å². The number of carbonyl (C=O) groups excluding carboxylic acids is 3. The van der Waals surface area contributed by atoms with Crippen molar-refractivity contribution < 1.29 is 14.4 Å². The number of fused-ring (bicyclic) bond motifs is 4. The highest BCUT2D eigenvalue weighted by molar-refractivity contribution is 7.15.